The predicted molar refractivity (Wildman–Crippen MR) is 112 cm³/mol. The van der Waals surface area contributed by atoms with Gasteiger partial charge in [0.15, 0.2) is 0 Å². The number of ether oxygens (including phenoxy) is 1. The number of likely N-dealkylation sites (N-methyl/N-ethyl adjacent to an activating group) is 1. The van der Waals surface area contributed by atoms with Crippen molar-refractivity contribution < 1.29 is 18.8 Å². The molecule has 8 heteroatoms. The lowest BCUT2D eigenvalue weighted by Gasteiger charge is -2.26. The second-order valence-electron chi connectivity index (χ2n) is 6.84. The zero-order chi connectivity index (χ0) is 20.7. The van der Waals surface area contributed by atoms with E-state index < -0.39 is 21.6 Å². The summed E-state index contributed by atoms with van der Waals surface area (Å²) in [5.74, 6) is 0.359. The third kappa shape index (κ3) is 4.92. The van der Waals surface area contributed by atoms with Crippen LogP contribution in [0.15, 0.2) is 51.5 Å². The highest BCUT2D eigenvalue weighted by Crippen LogP contribution is 2.36. The molecule has 1 unspecified atom stereocenters. The topological polar surface area (TPSA) is 112 Å². The van der Waals surface area contributed by atoms with Crippen molar-refractivity contribution in [3.63, 3.8) is 0 Å². The van der Waals surface area contributed by atoms with Gasteiger partial charge in [0.2, 0.25) is 0 Å². The number of hydrogen-bond acceptors (Lipinski definition) is 6. The Kier molecular flexibility index (Phi) is 7.62. The van der Waals surface area contributed by atoms with Crippen LogP contribution in [0.5, 0.6) is 0 Å². The smallest absolute Gasteiger partial charge is 0.256 e. The predicted octanol–water partition coefficient (Wildman–Crippen LogP) is 3.23. The van der Waals surface area contributed by atoms with Gasteiger partial charge in [-0.3, -0.25) is 4.79 Å². The molecule has 28 heavy (non-hydrogen) atoms. The Labute approximate surface area is 166 Å². The van der Waals surface area contributed by atoms with Crippen LogP contribution in [0.25, 0.3) is 0 Å². The molecule has 154 valence electrons. The quantitative estimate of drug-likeness (QED) is 0.260. The lowest BCUT2D eigenvalue weighted by molar-refractivity contribution is -0.116. The van der Waals surface area contributed by atoms with Crippen molar-refractivity contribution in [2.75, 3.05) is 25.2 Å². The van der Waals surface area contributed by atoms with Gasteiger partial charge in [-0.15, -0.1) is 0 Å². The fourth-order valence-corrected chi connectivity index (χ4v) is 5.60. The Balaban J connectivity index is 2.55. The van der Waals surface area contributed by atoms with Crippen LogP contribution in [-0.2, 0) is 19.3 Å². The van der Waals surface area contributed by atoms with E-state index in [4.69, 9.17) is 10.1 Å². The number of aliphatic hydroxyl groups is 1. The summed E-state index contributed by atoms with van der Waals surface area (Å²) < 4.78 is 23.5. The highest BCUT2D eigenvalue weighted by molar-refractivity contribution is 7.93. The normalized spacial score (nSPS) is 22.5. The molecule has 0 bridgehead atoms. The van der Waals surface area contributed by atoms with Crippen molar-refractivity contribution in [1.29, 1.82) is 5.41 Å². The molecule has 1 heterocycles. The summed E-state index contributed by atoms with van der Waals surface area (Å²) in [4.78, 5) is 12.0. The maximum Gasteiger partial charge on any atom is 0.256 e. The summed E-state index contributed by atoms with van der Waals surface area (Å²) in [7, 11) is -0.935. The van der Waals surface area contributed by atoms with Gasteiger partial charge in [-0.05, 0) is 37.8 Å². The van der Waals surface area contributed by atoms with E-state index in [1.54, 1.807) is 19.1 Å². The first-order valence-corrected chi connectivity index (χ1v) is 11.3. The summed E-state index contributed by atoms with van der Waals surface area (Å²) in [5, 5.41) is 20.6. The van der Waals surface area contributed by atoms with Crippen molar-refractivity contribution in [1.82, 2.24) is 5.32 Å². The zero-order valence-corrected chi connectivity index (χ0v) is 17.3. The Hall–Kier alpha value is -2.35. The van der Waals surface area contributed by atoms with Gasteiger partial charge < -0.3 is 20.6 Å². The molecule has 0 aromatic heterocycles. The first-order valence-electron chi connectivity index (χ1n) is 9.40. The fraction of sp³-hybridized carbons (Fsp3) is 0.500. The molecular formula is C20H29N3O4S. The lowest BCUT2D eigenvalue weighted by Crippen LogP contribution is -2.25. The minimum atomic E-state index is -2.38. The number of nitrogens with zero attached hydrogens (tertiary/aromatic N) is 1. The number of rotatable bonds is 7. The molecule has 0 aromatic carbocycles. The molecule has 1 aliphatic carbocycles. The van der Waals surface area contributed by atoms with Crippen LogP contribution < -0.4 is 5.32 Å². The maximum atomic E-state index is 13.2. The molecule has 3 N–H and O–H groups in total. The Morgan fingerprint density at radius 2 is 2.14 bits per heavy atom. The second kappa shape index (κ2) is 9.73. The summed E-state index contributed by atoms with van der Waals surface area (Å²) in [5.41, 5.74) is 1.05. The molecule has 0 spiro atoms. The van der Waals surface area contributed by atoms with Crippen LogP contribution in [-0.4, -0.2) is 46.6 Å². The third-order valence-corrected chi connectivity index (χ3v) is 7.30. The van der Waals surface area contributed by atoms with E-state index in [1.807, 2.05) is 0 Å². The van der Waals surface area contributed by atoms with E-state index in [9.17, 15) is 14.1 Å². The van der Waals surface area contributed by atoms with Gasteiger partial charge in [-0.25, -0.2) is 4.21 Å². The average Bonchev–Trinajstić information content (AvgIpc) is 2.69. The zero-order valence-electron chi connectivity index (χ0n) is 16.5. The van der Waals surface area contributed by atoms with Crippen LogP contribution >= 0.6 is 0 Å². The standard InChI is InChI=1S/C20H29N3O4S/c1-4-10-27-17-9-8-15(19(24)16(13-21)20(25)22-3)14(2)18(17)23-28(26)11-6-5-7-12-28/h4,9,13,15,21,24H,1,5-8,10-12H2,2-3H3,(H,22,25). The van der Waals surface area contributed by atoms with Crippen molar-refractivity contribution >= 4 is 21.9 Å². The van der Waals surface area contributed by atoms with Gasteiger partial charge >= 0.3 is 0 Å². The first kappa shape index (κ1) is 21.9. The Morgan fingerprint density at radius 3 is 2.71 bits per heavy atom. The molecule has 0 radical (unpaired) electrons. The van der Waals surface area contributed by atoms with E-state index in [0.717, 1.165) is 25.5 Å². The molecule has 2 aliphatic rings. The Morgan fingerprint density at radius 1 is 1.46 bits per heavy atom. The van der Waals surface area contributed by atoms with Crippen molar-refractivity contribution in [2.24, 2.45) is 10.3 Å². The molecular weight excluding hydrogens is 378 g/mol. The molecule has 1 atom stereocenters. The van der Waals surface area contributed by atoms with E-state index >= 15 is 0 Å². The van der Waals surface area contributed by atoms with E-state index in [-0.39, 0.29) is 17.9 Å². The minimum absolute atomic E-state index is 0.100. The van der Waals surface area contributed by atoms with Crippen molar-refractivity contribution in [3.8, 4) is 0 Å². The lowest BCUT2D eigenvalue weighted by atomic mass is 9.86. The van der Waals surface area contributed by atoms with Crippen LogP contribution in [0.4, 0.5) is 0 Å². The molecule has 0 saturated carbocycles. The number of carbonyl (C=O) groups excluding carboxylic acids is 1. The van der Waals surface area contributed by atoms with Crippen molar-refractivity contribution in [2.45, 2.75) is 32.6 Å². The molecule has 0 aromatic rings. The first-order chi connectivity index (χ1) is 13.4. The third-order valence-electron chi connectivity index (χ3n) is 4.93. The van der Waals surface area contributed by atoms with Crippen LogP contribution in [0.2, 0.25) is 0 Å². The van der Waals surface area contributed by atoms with Gasteiger partial charge in [0.05, 0.1) is 15.3 Å². The highest BCUT2D eigenvalue weighted by Gasteiger charge is 2.30. The summed E-state index contributed by atoms with van der Waals surface area (Å²) in [6, 6.07) is 0. The number of amides is 1. The average molecular weight is 408 g/mol. The number of allylic oxidation sites excluding steroid dienone is 2. The number of hydrogen-bond donors (Lipinski definition) is 3. The second-order valence-corrected chi connectivity index (χ2v) is 9.39. The summed E-state index contributed by atoms with van der Waals surface area (Å²) in [6.45, 7) is 5.73. The molecule has 7 nitrogen and oxygen atoms in total. The monoisotopic (exact) mass is 407 g/mol. The van der Waals surface area contributed by atoms with E-state index in [2.05, 4.69) is 16.3 Å². The summed E-state index contributed by atoms with van der Waals surface area (Å²) in [6.07, 6.45) is 7.45. The minimum Gasteiger partial charge on any atom is -0.511 e. The van der Waals surface area contributed by atoms with E-state index in [1.165, 1.54) is 7.05 Å². The van der Waals surface area contributed by atoms with Crippen LogP contribution in [0.1, 0.15) is 32.6 Å². The molecule has 1 amide bonds. The van der Waals surface area contributed by atoms with Gasteiger partial charge in [-0.2, -0.15) is 4.36 Å². The molecule has 2 rings (SSSR count). The van der Waals surface area contributed by atoms with Crippen molar-refractivity contribution in [3.05, 3.63) is 47.1 Å². The largest absolute Gasteiger partial charge is 0.511 e. The van der Waals surface area contributed by atoms with Gasteiger partial charge in [0.1, 0.15) is 23.8 Å². The number of aliphatic hydroxyl groups excluding tert-OH is 1. The Bertz CT molecular complexity index is 849. The molecule has 1 saturated heterocycles. The number of nitrogens with one attached hydrogen (secondary N) is 2. The van der Waals surface area contributed by atoms with Crippen LogP contribution in [0, 0.1) is 11.3 Å². The van der Waals surface area contributed by atoms with E-state index in [0.29, 0.717) is 35.0 Å². The van der Waals surface area contributed by atoms with Gasteiger partial charge in [-0.1, -0.05) is 19.1 Å². The maximum absolute atomic E-state index is 13.2. The highest BCUT2D eigenvalue weighted by atomic mass is 32.2. The van der Waals surface area contributed by atoms with Gasteiger partial charge in [0, 0.05) is 30.7 Å². The van der Waals surface area contributed by atoms with Crippen LogP contribution in [0.3, 0.4) is 0 Å². The molecule has 1 fully saturated rings. The SMILES string of the molecule is C=CCOC1=CCC(C(O)=C(C=N)C(=O)NC)C(C)=C1N=S1(=O)CCCCC1. The molecule has 1 aliphatic heterocycles. The fourth-order valence-electron chi connectivity index (χ4n) is 3.34. The summed E-state index contributed by atoms with van der Waals surface area (Å²) >= 11 is 0. The number of carbonyl (C=O) groups is 1. The van der Waals surface area contributed by atoms with Gasteiger partial charge in [0.25, 0.3) is 5.91 Å².